The highest BCUT2D eigenvalue weighted by Gasteiger charge is 2.11. The van der Waals surface area contributed by atoms with Crippen LogP contribution in [0.25, 0.3) is 0 Å². The first-order valence-corrected chi connectivity index (χ1v) is 19.2. The lowest BCUT2D eigenvalue weighted by molar-refractivity contribution is -0.117. The molecular weight excluding hydrogens is 580 g/mol. The Labute approximate surface area is 288 Å². The third kappa shape index (κ3) is 19.7. The van der Waals surface area contributed by atoms with E-state index < -0.39 is 0 Å². The van der Waals surface area contributed by atoms with Gasteiger partial charge in [-0.15, -0.1) is 0 Å². The second kappa shape index (κ2) is 26.3. The molecule has 2 rings (SSSR count). The van der Waals surface area contributed by atoms with Gasteiger partial charge < -0.3 is 20.4 Å². The average Bonchev–Trinajstić information content (AvgIpc) is 3.06. The van der Waals surface area contributed by atoms with Crippen LogP contribution in [0.4, 0.5) is 11.4 Å². The zero-order valence-corrected chi connectivity index (χ0v) is 30.6. The second-order valence-corrected chi connectivity index (χ2v) is 13.4. The maximum atomic E-state index is 12.9. The van der Waals surface area contributed by atoms with Crippen LogP contribution in [0.5, 0.6) is 0 Å². The van der Waals surface area contributed by atoms with Gasteiger partial charge in [0.05, 0.1) is 0 Å². The van der Waals surface area contributed by atoms with Gasteiger partial charge in [0.2, 0.25) is 11.8 Å². The molecule has 0 aliphatic rings. The summed E-state index contributed by atoms with van der Waals surface area (Å²) < 4.78 is 0. The molecule has 2 aromatic carbocycles. The maximum Gasteiger partial charge on any atom is 0.225 e. The van der Waals surface area contributed by atoms with E-state index in [4.69, 9.17) is 0 Å². The van der Waals surface area contributed by atoms with E-state index in [1.807, 2.05) is 24.3 Å². The number of hydrogen-bond donors (Lipinski definition) is 2. The molecule has 0 saturated heterocycles. The third-order valence-electron chi connectivity index (χ3n) is 8.95. The Balaban J connectivity index is 1.86. The van der Waals surface area contributed by atoms with Gasteiger partial charge in [0.15, 0.2) is 0 Å². The number of anilines is 2. The van der Waals surface area contributed by atoms with Crippen molar-refractivity contribution < 1.29 is 9.59 Å². The molecular formula is C41H68N4O2. The number of carbonyl (C=O) groups excluding carboxylic acids is 2. The van der Waals surface area contributed by atoms with Crippen LogP contribution in [0.15, 0.2) is 48.5 Å². The van der Waals surface area contributed by atoms with Crippen molar-refractivity contribution in [2.45, 2.75) is 137 Å². The van der Waals surface area contributed by atoms with Crippen LogP contribution in [-0.4, -0.2) is 60.9 Å². The van der Waals surface area contributed by atoms with Crippen molar-refractivity contribution in [1.29, 1.82) is 0 Å². The van der Waals surface area contributed by atoms with Crippen molar-refractivity contribution in [3.63, 3.8) is 0 Å². The number of nitrogens with one attached hydrogen (secondary N) is 2. The van der Waals surface area contributed by atoms with Crippen molar-refractivity contribution in [3.8, 4) is 0 Å². The molecule has 0 atom stereocenters. The monoisotopic (exact) mass is 649 g/mol. The van der Waals surface area contributed by atoms with Crippen molar-refractivity contribution in [3.05, 3.63) is 59.7 Å². The molecule has 0 saturated carbocycles. The normalized spacial score (nSPS) is 11.4. The number of carbonyl (C=O) groups is 2. The maximum absolute atomic E-state index is 12.9. The zero-order valence-electron chi connectivity index (χ0n) is 30.6. The summed E-state index contributed by atoms with van der Waals surface area (Å²) in [5, 5.41) is 6.27. The molecule has 6 nitrogen and oxygen atoms in total. The third-order valence-corrected chi connectivity index (χ3v) is 8.95. The predicted molar refractivity (Wildman–Crippen MR) is 202 cm³/mol. The van der Waals surface area contributed by atoms with E-state index in [9.17, 15) is 9.59 Å². The van der Waals surface area contributed by atoms with E-state index >= 15 is 0 Å². The lowest BCUT2D eigenvalue weighted by Crippen LogP contribution is -2.30. The van der Waals surface area contributed by atoms with Crippen molar-refractivity contribution in [2.75, 3.05) is 49.9 Å². The van der Waals surface area contributed by atoms with Gasteiger partial charge in [-0.3, -0.25) is 9.59 Å². The summed E-state index contributed by atoms with van der Waals surface area (Å²) in [4.78, 5) is 30.8. The molecule has 47 heavy (non-hydrogen) atoms. The molecule has 0 radical (unpaired) electrons. The molecule has 0 heterocycles. The van der Waals surface area contributed by atoms with Gasteiger partial charge in [-0.25, -0.2) is 0 Å². The van der Waals surface area contributed by atoms with Gasteiger partial charge in [0, 0.05) is 37.3 Å². The molecule has 0 aliphatic carbocycles. The highest BCUT2D eigenvalue weighted by atomic mass is 16.2. The zero-order chi connectivity index (χ0) is 34.0. The van der Waals surface area contributed by atoms with Crippen LogP contribution in [0.2, 0.25) is 0 Å². The fraction of sp³-hybridized carbons (Fsp3) is 0.659. The summed E-state index contributed by atoms with van der Waals surface area (Å²) in [7, 11) is 0. The Morgan fingerprint density at radius 1 is 0.489 bits per heavy atom. The summed E-state index contributed by atoms with van der Waals surface area (Å²) in [5.41, 5.74) is 3.95. The molecule has 0 bridgehead atoms. The van der Waals surface area contributed by atoms with E-state index in [0.29, 0.717) is 12.8 Å². The smallest absolute Gasteiger partial charge is 0.225 e. The van der Waals surface area contributed by atoms with Gasteiger partial charge in [0.25, 0.3) is 0 Å². The van der Waals surface area contributed by atoms with Gasteiger partial charge in [-0.2, -0.15) is 0 Å². The van der Waals surface area contributed by atoms with E-state index in [1.54, 1.807) is 0 Å². The Morgan fingerprint density at radius 3 is 1.23 bits per heavy atom. The molecule has 264 valence electrons. The van der Waals surface area contributed by atoms with Crippen LogP contribution >= 0.6 is 0 Å². The van der Waals surface area contributed by atoms with Crippen molar-refractivity contribution in [2.24, 2.45) is 0 Å². The van der Waals surface area contributed by atoms with Crippen molar-refractivity contribution in [1.82, 2.24) is 9.80 Å². The first-order valence-electron chi connectivity index (χ1n) is 19.2. The summed E-state index contributed by atoms with van der Waals surface area (Å²) in [6.45, 7) is 14.9. The van der Waals surface area contributed by atoms with Gasteiger partial charge in [-0.1, -0.05) is 116 Å². The van der Waals surface area contributed by atoms with Crippen LogP contribution < -0.4 is 10.6 Å². The van der Waals surface area contributed by atoms with Gasteiger partial charge >= 0.3 is 0 Å². The molecule has 0 aromatic heterocycles. The van der Waals surface area contributed by atoms with Crippen molar-refractivity contribution >= 4 is 23.2 Å². The largest absolute Gasteiger partial charge is 0.326 e. The van der Waals surface area contributed by atoms with Crippen LogP contribution in [-0.2, 0) is 16.0 Å². The molecule has 6 heteroatoms. The first kappa shape index (κ1) is 40.5. The van der Waals surface area contributed by atoms with Crippen LogP contribution in [0.1, 0.15) is 142 Å². The number of nitrogens with zero attached hydrogens (tertiary/aromatic N) is 2. The van der Waals surface area contributed by atoms with E-state index in [0.717, 1.165) is 68.2 Å². The Hall–Kier alpha value is -2.70. The molecule has 2 aromatic rings. The Kier molecular flexibility index (Phi) is 22.6. The van der Waals surface area contributed by atoms with Crippen LogP contribution in [0.3, 0.4) is 0 Å². The molecule has 0 spiro atoms. The number of amides is 2. The molecule has 2 N–H and O–H groups in total. The Morgan fingerprint density at radius 2 is 0.851 bits per heavy atom. The standard InChI is InChI=1S/C41H68N4O2/c1-5-9-13-17-29-44(27-15-11-7-3)31-25-40(46)42-38-23-19-21-36(34-38)33-37-22-20-24-39(35-37)43-41(47)26-32-45(28-16-12-8-4)30-18-14-10-6-2/h19-24,34-35H,5-18,25-33H2,1-4H3,(H,42,46)(H,43,47). The molecule has 0 fully saturated rings. The SMILES string of the molecule is CCCCCCN(CCCCC)CCC(=O)Nc1cccc(Cc2cccc(NC(=O)CCN(CCCCC)CCCCCC)c2)c1. The second-order valence-electron chi connectivity index (χ2n) is 13.4. The summed E-state index contributed by atoms with van der Waals surface area (Å²) in [6.07, 6.45) is 19.1. The number of rotatable bonds is 28. The number of benzene rings is 2. The minimum Gasteiger partial charge on any atom is -0.326 e. The minimum atomic E-state index is 0.0748. The summed E-state index contributed by atoms with van der Waals surface area (Å²) in [5.74, 6) is 0.150. The van der Waals surface area contributed by atoms with Gasteiger partial charge in [-0.05, 0) is 93.7 Å². The molecule has 0 unspecified atom stereocenters. The highest BCUT2D eigenvalue weighted by Crippen LogP contribution is 2.18. The average molecular weight is 649 g/mol. The first-order chi connectivity index (χ1) is 23.0. The molecule has 0 aliphatic heterocycles. The lowest BCUT2D eigenvalue weighted by Gasteiger charge is -2.22. The van der Waals surface area contributed by atoms with Gasteiger partial charge in [0.1, 0.15) is 0 Å². The number of hydrogen-bond acceptors (Lipinski definition) is 4. The fourth-order valence-corrected chi connectivity index (χ4v) is 6.09. The highest BCUT2D eigenvalue weighted by molar-refractivity contribution is 5.91. The van der Waals surface area contributed by atoms with E-state index in [1.165, 1.54) is 89.9 Å². The molecule has 2 amide bonds. The van der Waals surface area contributed by atoms with E-state index in [2.05, 4.69) is 72.4 Å². The topological polar surface area (TPSA) is 64.7 Å². The predicted octanol–water partition coefficient (Wildman–Crippen LogP) is 10.1. The summed E-state index contributed by atoms with van der Waals surface area (Å²) in [6, 6.07) is 16.3. The quantitative estimate of drug-likeness (QED) is 0.0902. The van der Waals surface area contributed by atoms with Crippen LogP contribution in [0, 0.1) is 0 Å². The fourth-order valence-electron chi connectivity index (χ4n) is 6.09. The Bertz CT molecular complexity index is 1020. The lowest BCUT2D eigenvalue weighted by atomic mass is 10.0. The minimum absolute atomic E-state index is 0.0748. The summed E-state index contributed by atoms with van der Waals surface area (Å²) >= 11 is 0. The van der Waals surface area contributed by atoms with E-state index in [-0.39, 0.29) is 11.8 Å². The number of unbranched alkanes of at least 4 members (excludes halogenated alkanes) is 10.